The number of aromatic nitrogens is 2. The third-order valence-corrected chi connectivity index (χ3v) is 11.2. The fourth-order valence-corrected chi connectivity index (χ4v) is 8.20. The Balaban J connectivity index is 1.12. The first-order valence-electron chi connectivity index (χ1n) is 20.5. The van der Waals surface area contributed by atoms with Crippen LogP contribution in [0.1, 0.15) is 27.8 Å². The van der Waals surface area contributed by atoms with Gasteiger partial charge in [0.05, 0.1) is 22.8 Å². The molecular formula is C57H40N4. The van der Waals surface area contributed by atoms with Crippen molar-refractivity contribution in [2.75, 3.05) is 0 Å². The van der Waals surface area contributed by atoms with E-state index in [0.717, 1.165) is 101 Å². The molecule has 0 spiro atoms. The van der Waals surface area contributed by atoms with Gasteiger partial charge in [-0.2, -0.15) is 0 Å². The topological polar surface area (TPSA) is 61.7 Å². The maximum atomic E-state index is 8.56. The minimum atomic E-state index is 0.669. The van der Waals surface area contributed by atoms with E-state index in [9.17, 15) is 0 Å². The molecule has 0 saturated carbocycles. The van der Waals surface area contributed by atoms with E-state index < -0.39 is 0 Å². The molecule has 1 aliphatic rings. The van der Waals surface area contributed by atoms with Gasteiger partial charge in [-0.3, -0.25) is 0 Å². The summed E-state index contributed by atoms with van der Waals surface area (Å²) in [5, 5.41) is 12.4. The van der Waals surface area contributed by atoms with Gasteiger partial charge >= 0.3 is 0 Å². The molecule has 0 saturated heterocycles. The molecule has 288 valence electrons. The van der Waals surface area contributed by atoms with Crippen LogP contribution in [0.5, 0.6) is 0 Å². The number of rotatable bonds is 9. The van der Waals surface area contributed by atoms with Crippen molar-refractivity contribution in [3.05, 3.63) is 252 Å². The van der Waals surface area contributed by atoms with Gasteiger partial charge in [-0.05, 0) is 68.8 Å². The normalized spacial score (nSPS) is 12.9. The lowest BCUT2D eigenvalue weighted by Crippen LogP contribution is -2.21. The average molecular weight is 781 g/mol. The molecule has 1 aliphatic heterocycles. The number of hydrogen-bond acceptors (Lipinski definition) is 4. The van der Waals surface area contributed by atoms with Crippen LogP contribution in [-0.4, -0.2) is 16.2 Å². The van der Waals surface area contributed by atoms with Crippen LogP contribution >= 0.6 is 0 Å². The lowest BCUT2D eigenvalue weighted by Gasteiger charge is -2.29. The SMILES string of the molecule is N=C/C(=C1\NC(c2ccccc2)=C(c2ccc(-c3cc(-c4cc(-c5ccccc5)cc(-c5ccccc5)c4)nc(-c4ccccc4)n3)cc2)c2ccccc21)c1ccccc1. The highest BCUT2D eigenvalue weighted by Gasteiger charge is 2.26. The maximum Gasteiger partial charge on any atom is 0.160 e. The summed E-state index contributed by atoms with van der Waals surface area (Å²) in [5.74, 6) is 0.669. The van der Waals surface area contributed by atoms with Gasteiger partial charge in [0.25, 0.3) is 0 Å². The summed E-state index contributed by atoms with van der Waals surface area (Å²) in [6, 6.07) is 77.9. The van der Waals surface area contributed by atoms with Crippen molar-refractivity contribution in [1.82, 2.24) is 15.3 Å². The van der Waals surface area contributed by atoms with Gasteiger partial charge in [0.2, 0.25) is 0 Å². The summed E-state index contributed by atoms with van der Waals surface area (Å²) in [7, 11) is 0. The van der Waals surface area contributed by atoms with E-state index >= 15 is 0 Å². The van der Waals surface area contributed by atoms with Gasteiger partial charge in [-0.1, -0.05) is 200 Å². The summed E-state index contributed by atoms with van der Waals surface area (Å²) in [5.41, 5.74) is 18.3. The predicted molar refractivity (Wildman–Crippen MR) is 253 cm³/mol. The smallest absolute Gasteiger partial charge is 0.160 e. The molecule has 8 aromatic carbocycles. The Morgan fingerprint density at radius 3 is 1.38 bits per heavy atom. The Morgan fingerprint density at radius 2 is 0.820 bits per heavy atom. The fraction of sp³-hybridized carbons (Fsp3) is 0. The van der Waals surface area contributed by atoms with Crippen molar-refractivity contribution in [2.45, 2.75) is 0 Å². The molecular weight excluding hydrogens is 741 g/mol. The van der Waals surface area contributed by atoms with E-state index in [2.05, 4.69) is 187 Å². The highest BCUT2D eigenvalue weighted by atomic mass is 14.9. The second-order valence-corrected chi connectivity index (χ2v) is 15.0. The van der Waals surface area contributed by atoms with Crippen LogP contribution < -0.4 is 5.32 Å². The van der Waals surface area contributed by atoms with E-state index in [-0.39, 0.29) is 0 Å². The zero-order chi connectivity index (χ0) is 41.0. The highest BCUT2D eigenvalue weighted by molar-refractivity contribution is 6.21. The van der Waals surface area contributed by atoms with E-state index in [1.165, 1.54) is 6.21 Å². The summed E-state index contributed by atoms with van der Waals surface area (Å²) < 4.78 is 0. The molecule has 4 nitrogen and oxygen atoms in total. The van der Waals surface area contributed by atoms with Gasteiger partial charge in [-0.25, -0.2) is 9.97 Å². The van der Waals surface area contributed by atoms with Crippen molar-refractivity contribution < 1.29 is 0 Å². The molecule has 0 amide bonds. The zero-order valence-electron chi connectivity index (χ0n) is 33.3. The zero-order valence-corrected chi connectivity index (χ0v) is 33.3. The Bertz CT molecular complexity index is 3010. The maximum absolute atomic E-state index is 8.56. The first kappa shape index (κ1) is 37.1. The summed E-state index contributed by atoms with van der Waals surface area (Å²) >= 11 is 0. The molecule has 9 aromatic rings. The molecule has 0 aliphatic carbocycles. The Kier molecular flexibility index (Phi) is 10.1. The van der Waals surface area contributed by atoms with Crippen LogP contribution in [0.2, 0.25) is 0 Å². The van der Waals surface area contributed by atoms with Crippen molar-refractivity contribution >= 4 is 28.8 Å². The Morgan fingerprint density at radius 1 is 0.377 bits per heavy atom. The number of nitrogens with zero attached hydrogens (tertiary/aromatic N) is 2. The molecule has 0 radical (unpaired) electrons. The number of benzene rings is 8. The lowest BCUT2D eigenvalue weighted by molar-refractivity contribution is 1.18. The van der Waals surface area contributed by atoms with E-state index in [1.807, 2.05) is 42.5 Å². The van der Waals surface area contributed by atoms with Crippen molar-refractivity contribution in [3.63, 3.8) is 0 Å². The van der Waals surface area contributed by atoms with Crippen LogP contribution in [0.15, 0.2) is 224 Å². The molecule has 1 aromatic heterocycles. The molecule has 2 heterocycles. The van der Waals surface area contributed by atoms with E-state index in [1.54, 1.807) is 0 Å². The van der Waals surface area contributed by atoms with E-state index in [4.69, 9.17) is 15.4 Å². The lowest BCUT2D eigenvalue weighted by atomic mass is 9.84. The highest BCUT2D eigenvalue weighted by Crippen LogP contribution is 2.42. The third-order valence-electron chi connectivity index (χ3n) is 11.2. The first-order valence-corrected chi connectivity index (χ1v) is 20.5. The Hall–Kier alpha value is -8.21. The third kappa shape index (κ3) is 7.51. The largest absolute Gasteiger partial charge is 0.353 e. The molecule has 0 bridgehead atoms. The molecule has 0 fully saturated rings. The molecule has 10 rings (SSSR count). The molecule has 61 heavy (non-hydrogen) atoms. The van der Waals surface area contributed by atoms with Gasteiger partial charge in [0.15, 0.2) is 5.82 Å². The van der Waals surface area contributed by atoms with Crippen LogP contribution in [0.4, 0.5) is 0 Å². The van der Waals surface area contributed by atoms with Gasteiger partial charge in [0.1, 0.15) is 0 Å². The summed E-state index contributed by atoms with van der Waals surface area (Å²) in [4.78, 5) is 10.4. The number of nitrogens with one attached hydrogen (secondary N) is 2. The van der Waals surface area contributed by atoms with Crippen LogP contribution in [-0.2, 0) is 0 Å². The van der Waals surface area contributed by atoms with Gasteiger partial charge in [-0.15, -0.1) is 0 Å². The average Bonchev–Trinajstić information content (AvgIpc) is 3.35. The van der Waals surface area contributed by atoms with Gasteiger partial charge < -0.3 is 10.7 Å². The Labute approximate surface area is 356 Å². The van der Waals surface area contributed by atoms with Crippen molar-refractivity contribution in [3.8, 4) is 56.2 Å². The van der Waals surface area contributed by atoms with Gasteiger partial charge in [0, 0.05) is 39.6 Å². The summed E-state index contributed by atoms with van der Waals surface area (Å²) in [6.07, 6.45) is 1.46. The predicted octanol–water partition coefficient (Wildman–Crippen LogP) is 13.8. The number of allylic oxidation sites excluding steroid dienone is 1. The second kappa shape index (κ2) is 16.6. The van der Waals surface area contributed by atoms with Crippen molar-refractivity contribution in [1.29, 1.82) is 5.41 Å². The molecule has 2 N–H and O–H groups in total. The van der Waals surface area contributed by atoms with E-state index in [0.29, 0.717) is 5.82 Å². The number of hydrogen-bond donors (Lipinski definition) is 2. The summed E-state index contributed by atoms with van der Waals surface area (Å²) in [6.45, 7) is 0. The minimum absolute atomic E-state index is 0.669. The number of fused-ring (bicyclic) bond motifs is 1. The van der Waals surface area contributed by atoms with Crippen LogP contribution in [0.25, 0.3) is 78.7 Å². The molecule has 0 unspecified atom stereocenters. The van der Waals surface area contributed by atoms with Crippen LogP contribution in [0.3, 0.4) is 0 Å². The quantitative estimate of drug-likeness (QED) is 0.143. The fourth-order valence-electron chi connectivity index (χ4n) is 8.20. The second-order valence-electron chi connectivity index (χ2n) is 15.0. The minimum Gasteiger partial charge on any atom is -0.353 e. The first-order chi connectivity index (χ1) is 30.2. The monoisotopic (exact) mass is 780 g/mol. The molecule has 0 atom stereocenters. The standard InChI is InChI=1S/C57H40N4/c58-38-51(41-22-10-3-11-23-41)56-50-29-17-16-28-49(50)54(55(61-56)44-24-12-4-13-25-44)43-32-30-42(31-33-43)52-37-53(60-57(59-52)45-26-14-5-15-27-45)48-35-46(39-18-6-1-7-19-39)34-47(36-48)40-20-8-2-9-21-40/h1-38,58,61H/b56-51+,58-38?. The molecule has 4 heteroatoms. The van der Waals surface area contributed by atoms with Crippen LogP contribution in [0, 0.1) is 5.41 Å². The van der Waals surface area contributed by atoms with Crippen molar-refractivity contribution in [2.24, 2.45) is 0 Å².